The molecule has 0 aliphatic carbocycles. The minimum Gasteiger partial charge on any atom is -0.207 e. The van der Waals surface area contributed by atoms with E-state index in [9.17, 15) is 22.0 Å². The normalized spacial score (nSPS) is 11.4. The van der Waals surface area contributed by atoms with E-state index < -0.39 is 29.1 Å². The van der Waals surface area contributed by atoms with Crippen molar-refractivity contribution in [3.05, 3.63) is 76.1 Å². The van der Waals surface area contributed by atoms with Crippen molar-refractivity contribution in [3.8, 4) is 0 Å². The third-order valence-electron chi connectivity index (χ3n) is 3.64. The summed E-state index contributed by atoms with van der Waals surface area (Å²) in [5.74, 6) is -5.62. The molecule has 0 radical (unpaired) electrons. The third-order valence-corrected chi connectivity index (χ3v) is 3.64. The maximum absolute atomic E-state index is 14.1. The molecule has 0 aliphatic rings. The summed E-state index contributed by atoms with van der Waals surface area (Å²) in [7, 11) is 0. The lowest BCUT2D eigenvalue weighted by atomic mass is 10.0. The number of allylic oxidation sites excluding steroid dienone is 1. The Kier molecular flexibility index (Phi) is 6.12. The Bertz CT molecular complexity index is 703. The van der Waals surface area contributed by atoms with Crippen molar-refractivity contribution in [1.29, 1.82) is 0 Å². The molecule has 0 unspecified atom stereocenters. The fourth-order valence-corrected chi connectivity index (χ4v) is 2.37. The van der Waals surface area contributed by atoms with Gasteiger partial charge >= 0.3 is 0 Å². The number of halogens is 5. The van der Waals surface area contributed by atoms with Crippen LogP contribution in [-0.2, 0) is 12.8 Å². The molecule has 0 saturated heterocycles. The molecule has 0 fully saturated rings. The highest BCUT2D eigenvalue weighted by Gasteiger charge is 2.13. The summed E-state index contributed by atoms with van der Waals surface area (Å²) in [5.41, 5.74) is 0.394. The van der Waals surface area contributed by atoms with Crippen molar-refractivity contribution >= 4 is 6.08 Å². The average Bonchev–Trinajstić information content (AvgIpc) is 2.52. The smallest absolute Gasteiger partial charge is 0.194 e. The van der Waals surface area contributed by atoms with Crippen LogP contribution in [0.4, 0.5) is 22.0 Å². The van der Waals surface area contributed by atoms with Gasteiger partial charge in [0.2, 0.25) is 0 Å². The van der Waals surface area contributed by atoms with Gasteiger partial charge in [0, 0.05) is 5.56 Å². The van der Waals surface area contributed by atoms with E-state index in [4.69, 9.17) is 0 Å². The van der Waals surface area contributed by atoms with Crippen LogP contribution < -0.4 is 0 Å². The Morgan fingerprint density at radius 1 is 0.792 bits per heavy atom. The number of hydrogen-bond donors (Lipinski definition) is 0. The van der Waals surface area contributed by atoms with E-state index in [1.807, 2.05) is 13.0 Å². The molecular weight excluding hydrogens is 323 g/mol. The van der Waals surface area contributed by atoms with Gasteiger partial charge < -0.3 is 0 Å². The standard InChI is InChI=1S/C19H17F5/c1-2-3-4-5-12-8-15(20)14(16(21)9-12)7-6-13-10-17(22)19(24)18(23)11-13/h4-5,8-11H,2-3,6-7H2,1H3/b5-4+. The molecule has 0 amide bonds. The van der Waals surface area contributed by atoms with Crippen LogP contribution in [0, 0.1) is 29.1 Å². The highest BCUT2D eigenvalue weighted by molar-refractivity contribution is 5.50. The maximum Gasteiger partial charge on any atom is 0.194 e. The van der Waals surface area contributed by atoms with Crippen LogP contribution in [0.1, 0.15) is 36.5 Å². The third kappa shape index (κ3) is 4.43. The zero-order valence-corrected chi connectivity index (χ0v) is 13.2. The van der Waals surface area contributed by atoms with Gasteiger partial charge in [0.15, 0.2) is 17.5 Å². The van der Waals surface area contributed by atoms with Gasteiger partial charge in [-0.15, -0.1) is 0 Å². The van der Waals surface area contributed by atoms with Crippen LogP contribution in [0.2, 0.25) is 0 Å². The summed E-state index contributed by atoms with van der Waals surface area (Å²) >= 11 is 0. The van der Waals surface area contributed by atoms with Crippen LogP contribution in [0.5, 0.6) is 0 Å². The Labute approximate surface area is 137 Å². The molecule has 0 bridgehead atoms. The first kappa shape index (κ1) is 18.2. The first-order valence-electron chi connectivity index (χ1n) is 7.70. The van der Waals surface area contributed by atoms with Gasteiger partial charge in [0.1, 0.15) is 11.6 Å². The van der Waals surface area contributed by atoms with E-state index in [1.54, 1.807) is 6.08 Å². The molecule has 24 heavy (non-hydrogen) atoms. The predicted octanol–water partition coefficient (Wildman–Crippen LogP) is 5.98. The number of benzene rings is 2. The van der Waals surface area contributed by atoms with E-state index in [0.29, 0.717) is 5.56 Å². The molecule has 0 aliphatic heterocycles. The van der Waals surface area contributed by atoms with Crippen LogP contribution >= 0.6 is 0 Å². The molecule has 2 rings (SSSR count). The van der Waals surface area contributed by atoms with Crippen LogP contribution in [-0.4, -0.2) is 0 Å². The van der Waals surface area contributed by atoms with Crippen LogP contribution in [0.15, 0.2) is 30.3 Å². The lowest BCUT2D eigenvalue weighted by molar-refractivity contribution is 0.445. The maximum atomic E-state index is 14.1. The fourth-order valence-electron chi connectivity index (χ4n) is 2.37. The lowest BCUT2D eigenvalue weighted by Crippen LogP contribution is -2.01. The molecule has 0 heterocycles. The van der Waals surface area contributed by atoms with Crippen molar-refractivity contribution in [3.63, 3.8) is 0 Å². The first-order valence-corrected chi connectivity index (χ1v) is 7.70. The van der Waals surface area contributed by atoms with Gasteiger partial charge in [-0.2, -0.15) is 0 Å². The molecule has 128 valence electrons. The molecule has 2 aromatic rings. The highest BCUT2D eigenvalue weighted by Crippen LogP contribution is 2.20. The zero-order valence-electron chi connectivity index (χ0n) is 13.2. The lowest BCUT2D eigenvalue weighted by Gasteiger charge is -2.08. The number of aryl methyl sites for hydroxylation is 1. The number of hydrogen-bond acceptors (Lipinski definition) is 0. The molecule has 0 nitrogen and oxygen atoms in total. The van der Waals surface area contributed by atoms with Crippen molar-refractivity contribution in [2.45, 2.75) is 32.6 Å². The second-order valence-corrected chi connectivity index (χ2v) is 5.53. The van der Waals surface area contributed by atoms with Crippen molar-refractivity contribution < 1.29 is 22.0 Å². The summed E-state index contributed by atoms with van der Waals surface area (Å²) in [6.07, 6.45) is 5.13. The SMILES string of the molecule is CCC/C=C/c1cc(F)c(CCc2cc(F)c(F)c(F)c2)c(F)c1. The van der Waals surface area contributed by atoms with Gasteiger partial charge in [0.05, 0.1) is 0 Å². The Morgan fingerprint density at radius 3 is 1.92 bits per heavy atom. The predicted molar refractivity (Wildman–Crippen MR) is 84.0 cm³/mol. The number of rotatable bonds is 6. The second kappa shape index (κ2) is 8.08. The van der Waals surface area contributed by atoms with Gasteiger partial charge in [-0.25, -0.2) is 22.0 Å². The largest absolute Gasteiger partial charge is 0.207 e. The summed E-state index contributed by atoms with van der Waals surface area (Å²) in [4.78, 5) is 0. The van der Waals surface area contributed by atoms with Gasteiger partial charge in [-0.1, -0.05) is 25.5 Å². The second-order valence-electron chi connectivity index (χ2n) is 5.53. The highest BCUT2D eigenvalue weighted by atomic mass is 19.2. The molecule has 0 aromatic heterocycles. The Morgan fingerprint density at radius 2 is 1.38 bits per heavy atom. The molecule has 0 spiro atoms. The van der Waals surface area contributed by atoms with Crippen molar-refractivity contribution in [1.82, 2.24) is 0 Å². The van der Waals surface area contributed by atoms with Crippen LogP contribution in [0.3, 0.4) is 0 Å². The average molecular weight is 340 g/mol. The van der Waals surface area contributed by atoms with Crippen molar-refractivity contribution in [2.24, 2.45) is 0 Å². The Balaban J connectivity index is 2.15. The first-order chi connectivity index (χ1) is 11.4. The zero-order chi connectivity index (χ0) is 17.7. The van der Waals surface area contributed by atoms with Gasteiger partial charge in [-0.05, 0) is 54.7 Å². The van der Waals surface area contributed by atoms with Crippen molar-refractivity contribution in [2.75, 3.05) is 0 Å². The summed E-state index contributed by atoms with van der Waals surface area (Å²) in [6.45, 7) is 2.00. The van der Waals surface area contributed by atoms with E-state index in [1.165, 1.54) is 12.1 Å². The molecule has 5 heteroatoms. The van der Waals surface area contributed by atoms with E-state index in [0.717, 1.165) is 25.0 Å². The van der Waals surface area contributed by atoms with E-state index in [-0.39, 0.29) is 24.0 Å². The monoisotopic (exact) mass is 340 g/mol. The minimum absolute atomic E-state index is 0.00696. The summed E-state index contributed by atoms with van der Waals surface area (Å²) in [6, 6.07) is 4.10. The van der Waals surface area contributed by atoms with E-state index >= 15 is 0 Å². The summed E-state index contributed by atoms with van der Waals surface area (Å²) in [5, 5.41) is 0. The number of unbranched alkanes of at least 4 members (excludes halogenated alkanes) is 1. The Hall–Kier alpha value is -2.17. The fraction of sp³-hybridized carbons (Fsp3) is 0.263. The molecule has 2 aromatic carbocycles. The molecule has 0 N–H and O–H groups in total. The van der Waals surface area contributed by atoms with E-state index in [2.05, 4.69) is 0 Å². The molecule has 0 saturated carbocycles. The summed E-state index contributed by atoms with van der Waals surface area (Å²) < 4.78 is 67.3. The topological polar surface area (TPSA) is 0 Å². The quantitative estimate of drug-likeness (QED) is 0.448. The minimum atomic E-state index is -1.56. The molecule has 0 atom stereocenters. The van der Waals surface area contributed by atoms with Crippen LogP contribution in [0.25, 0.3) is 6.08 Å². The van der Waals surface area contributed by atoms with Gasteiger partial charge in [-0.3, -0.25) is 0 Å². The molecular formula is C19H17F5. The van der Waals surface area contributed by atoms with Gasteiger partial charge in [0.25, 0.3) is 0 Å².